The highest BCUT2D eigenvalue weighted by atomic mass is 32.1. The van der Waals surface area contributed by atoms with E-state index in [9.17, 15) is 4.79 Å². The molecule has 1 saturated heterocycles. The number of carbonyl (C=O) groups is 1. The highest BCUT2D eigenvalue weighted by molar-refractivity contribution is 7.10. The Balaban J connectivity index is 1.47. The van der Waals surface area contributed by atoms with Crippen LogP contribution >= 0.6 is 11.3 Å². The lowest BCUT2D eigenvalue weighted by Crippen LogP contribution is -2.30. The first kappa shape index (κ1) is 18.0. The van der Waals surface area contributed by atoms with Crippen LogP contribution in [-0.2, 0) is 11.2 Å². The minimum atomic E-state index is 0.261. The Labute approximate surface area is 164 Å². The molecule has 27 heavy (non-hydrogen) atoms. The summed E-state index contributed by atoms with van der Waals surface area (Å²) in [5, 5.41) is 6.80. The molecular formula is C22H25N3OS. The van der Waals surface area contributed by atoms with E-state index in [1.165, 1.54) is 10.4 Å². The molecule has 4 nitrogen and oxygen atoms in total. The van der Waals surface area contributed by atoms with Crippen molar-refractivity contribution in [2.24, 2.45) is 0 Å². The second kappa shape index (κ2) is 7.69. The van der Waals surface area contributed by atoms with Crippen LogP contribution in [0, 0.1) is 13.8 Å². The summed E-state index contributed by atoms with van der Waals surface area (Å²) in [5.41, 5.74) is 4.40. The van der Waals surface area contributed by atoms with Gasteiger partial charge in [-0.25, -0.2) is 4.68 Å². The van der Waals surface area contributed by atoms with Gasteiger partial charge in [0.15, 0.2) is 0 Å². The fourth-order valence-corrected chi connectivity index (χ4v) is 4.95. The molecule has 140 valence electrons. The van der Waals surface area contributed by atoms with Crippen molar-refractivity contribution in [2.75, 3.05) is 6.54 Å². The van der Waals surface area contributed by atoms with E-state index in [4.69, 9.17) is 5.10 Å². The number of amides is 1. The van der Waals surface area contributed by atoms with E-state index in [0.717, 1.165) is 42.9 Å². The number of benzene rings is 1. The number of carbonyl (C=O) groups excluding carboxylic acids is 1. The first-order valence-electron chi connectivity index (χ1n) is 9.58. The summed E-state index contributed by atoms with van der Waals surface area (Å²) >= 11 is 1.75. The van der Waals surface area contributed by atoms with E-state index in [0.29, 0.717) is 6.42 Å². The van der Waals surface area contributed by atoms with Crippen molar-refractivity contribution in [2.45, 2.75) is 45.6 Å². The topological polar surface area (TPSA) is 38.1 Å². The van der Waals surface area contributed by atoms with Gasteiger partial charge >= 0.3 is 0 Å². The summed E-state index contributed by atoms with van der Waals surface area (Å²) in [6.45, 7) is 5.01. The molecule has 1 aliphatic heterocycles. The van der Waals surface area contributed by atoms with Crippen molar-refractivity contribution >= 4 is 17.2 Å². The number of hydrogen-bond donors (Lipinski definition) is 0. The molecule has 5 heteroatoms. The molecule has 3 aromatic rings. The van der Waals surface area contributed by atoms with E-state index >= 15 is 0 Å². The van der Waals surface area contributed by atoms with Crippen LogP contribution in [0.2, 0.25) is 0 Å². The lowest BCUT2D eigenvalue weighted by atomic mass is 10.1. The number of aromatic nitrogens is 2. The quantitative estimate of drug-likeness (QED) is 0.636. The number of aryl methyl sites for hydroxylation is 1. The van der Waals surface area contributed by atoms with Crippen molar-refractivity contribution < 1.29 is 4.79 Å². The summed E-state index contributed by atoms with van der Waals surface area (Å²) in [6, 6.07) is 14.7. The SMILES string of the molecule is Cc1nn(-c2ccccc2)c(C)c1CCC(=O)N1CCC[C@H]1c1cccs1. The molecule has 0 N–H and O–H groups in total. The predicted octanol–water partition coefficient (Wildman–Crippen LogP) is 4.85. The van der Waals surface area contributed by atoms with Crippen LogP contribution in [0.4, 0.5) is 0 Å². The van der Waals surface area contributed by atoms with E-state index in [2.05, 4.69) is 41.5 Å². The van der Waals surface area contributed by atoms with Gasteiger partial charge in [-0.3, -0.25) is 4.79 Å². The Hall–Kier alpha value is -2.40. The van der Waals surface area contributed by atoms with Crippen LogP contribution < -0.4 is 0 Å². The monoisotopic (exact) mass is 379 g/mol. The molecule has 0 unspecified atom stereocenters. The third-order valence-corrected chi connectivity index (χ3v) is 6.45. The predicted molar refractivity (Wildman–Crippen MR) is 109 cm³/mol. The highest BCUT2D eigenvalue weighted by Gasteiger charge is 2.30. The maximum absolute atomic E-state index is 12.9. The number of likely N-dealkylation sites (tertiary alicyclic amines) is 1. The Morgan fingerprint density at radius 1 is 1.19 bits per heavy atom. The average Bonchev–Trinajstić information content (AvgIpc) is 3.41. The molecule has 0 bridgehead atoms. The summed E-state index contributed by atoms with van der Waals surface area (Å²) < 4.78 is 1.99. The zero-order valence-corrected chi connectivity index (χ0v) is 16.7. The van der Waals surface area contributed by atoms with Crippen LogP contribution in [0.25, 0.3) is 5.69 Å². The number of nitrogens with zero attached hydrogens (tertiary/aromatic N) is 3. The summed E-state index contributed by atoms with van der Waals surface area (Å²) in [7, 11) is 0. The molecule has 4 rings (SSSR count). The van der Waals surface area contributed by atoms with E-state index < -0.39 is 0 Å². The normalized spacial score (nSPS) is 16.8. The molecule has 2 aromatic heterocycles. The van der Waals surface area contributed by atoms with Gasteiger partial charge in [0.1, 0.15) is 0 Å². The Kier molecular flexibility index (Phi) is 5.12. The van der Waals surface area contributed by atoms with Crippen LogP contribution in [0.1, 0.15) is 47.1 Å². The zero-order valence-electron chi connectivity index (χ0n) is 15.9. The minimum absolute atomic E-state index is 0.261. The molecule has 0 aliphatic carbocycles. The van der Waals surface area contributed by atoms with Crippen molar-refractivity contribution in [3.63, 3.8) is 0 Å². The molecular weight excluding hydrogens is 354 g/mol. The number of rotatable bonds is 5. The van der Waals surface area contributed by atoms with Gasteiger partial charge in [0.05, 0.1) is 17.4 Å². The first-order chi connectivity index (χ1) is 13.1. The van der Waals surface area contributed by atoms with E-state index in [-0.39, 0.29) is 11.9 Å². The summed E-state index contributed by atoms with van der Waals surface area (Å²) in [5.74, 6) is 0.261. The fourth-order valence-electron chi connectivity index (χ4n) is 4.07. The molecule has 1 aliphatic rings. The largest absolute Gasteiger partial charge is 0.335 e. The zero-order chi connectivity index (χ0) is 18.8. The standard InChI is InChI=1S/C22H25N3OS/c1-16-19(17(2)25(23-16)18-8-4-3-5-9-18)12-13-22(26)24-14-6-10-20(24)21-11-7-15-27-21/h3-5,7-9,11,15,20H,6,10,12-14H2,1-2H3/t20-/m0/s1. The highest BCUT2D eigenvalue weighted by Crippen LogP contribution is 2.35. The maximum Gasteiger partial charge on any atom is 0.223 e. The third-order valence-electron chi connectivity index (χ3n) is 5.48. The Morgan fingerprint density at radius 3 is 2.74 bits per heavy atom. The average molecular weight is 380 g/mol. The number of hydrogen-bond acceptors (Lipinski definition) is 3. The molecule has 3 heterocycles. The fraction of sp³-hybridized carbons (Fsp3) is 0.364. The molecule has 1 aromatic carbocycles. The van der Waals surface area contributed by atoms with Crippen LogP contribution in [0.15, 0.2) is 47.8 Å². The molecule has 1 amide bonds. The van der Waals surface area contributed by atoms with Crippen molar-refractivity contribution in [1.29, 1.82) is 0 Å². The molecule has 0 saturated carbocycles. The van der Waals surface area contributed by atoms with Gasteiger partial charge in [-0.05, 0) is 62.3 Å². The van der Waals surface area contributed by atoms with Gasteiger partial charge < -0.3 is 4.90 Å². The van der Waals surface area contributed by atoms with Crippen LogP contribution in [0.3, 0.4) is 0 Å². The molecule has 0 radical (unpaired) electrons. The third kappa shape index (κ3) is 3.56. The lowest BCUT2D eigenvalue weighted by Gasteiger charge is -2.24. The van der Waals surface area contributed by atoms with Crippen LogP contribution in [0.5, 0.6) is 0 Å². The van der Waals surface area contributed by atoms with Gasteiger partial charge in [0, 0.05) is 23.5 Å². The number of para-hydroxylation sites is 1. The second-order valence-electron chi connectivity index (χ2n) is 7.16. The van der Waals surface area contributed by atoms with Crippen LogP contribution in [-0.4, -0.2) is 27.1 Å². The maximum atomic E-state index is 12.9. The van der Waals surface area contributed by atoms with Crippen molar-refractivity contribution in [1.82, 2.24) is 14.7 Å². The molecule has 0 spiro atoms. The smallest absolute Gasteiger partial charge is 0.223 e. The van der Waals surface area contributed by atoms with Gasteiger partial charge in [0.25, 0.3) is 0 Å². The molecule has 1 fully saturated rings. The van der Waals surface area contributed by atoms with Gasteiger partial charge in [0.2, 0.25) is 5.91 Å². The first-order valence-corrected chi connectivity index (χ1v) is 10.5. The number of thiophene rings is 1. The van der Waals surface area contributed by atoms with E-state index in [1.54, 1.807) is 11.3 Å². The van der Waals surface area contributed by atoms with E-state index in [1.807, 2.05) is 29.8 Å². The van der Waals surface area contributed by atoms with Gasteiger partial charge in [-0.15, -0.1) is 11.3 Å². The molecule has 1 atom stereocenters. The van der Waals surface area contributed by atoms with Gasteiger partial charge in [-0.1, -0.05) is 24.3 Å². The van der Waals surface area contributed by atoms with Crippen molar-refractivity contribution in [3.8, 4) is 5.69 Å². The lowest BCUT2D eigenvalue weighted by molar-refractivity contribution is -0.132. The Bertz CT molecular complexity index is 915. The van der Waals surface area contributed by atoms with Crippen molar-refractivity contribution in [3.05, 3.63) is 69.7 Å². The summed E-state index contributed by atoms with van der Waals surface area (Å²) in [4.78, 5) is 16.3. The minimum Gasteiger partial charge on any atom is -0.335 e. The summed E-state index contributed by atoms with van der Waals surface area (Å²) in [6.07, 6.45) is 3.47. The second-order valence-corrected chi connectivity index (χ2v) is 8.14. The van der Waals surface area contributed by atoms with Gasteiger partial charge in [-0.2, -0.15) is 5.10 Å². The Morgan fingerprint density at radius 2 is 2.00 bits per heavy atom.